The van der Waals surface area contributed by atoms with Crippen LogP contribution in [0.15, 0.2) is 6.20 Å². The largest absolute Gasteiger partial charge is 0.332 e. The molecular weight excluding hydrogens is 234 g/mol. The van der Waals surface area contributed by atoms with E-state index in [1.165, 1.54) is 69.8 Å². The number of piperidine rings is 1. The van der Waals surface area contributed by atoms with E-state index in [1.807, 2.05) is 0 Å². The van der Waals surface area contributed by atoms with Gasteiger partial charge in [0.25, 0.3) is 0 Å². The van der Waals surface area contributed by atoms with Gasteiger partial charge in [0.2, 0.25) is 0 Å². The average Bonchev–Trinajstić information content (AvgIpc) is 2.84. The van der Waals surface area contributed by atoms with Gasteiger partial charge >= 0.3 is 0 Å². The van der Waals surface area contributed by atoms with Crippen molar-refractivity contribution in [2.24, 2.45) is 5.92 Å². The monoisotopic (exact) mass is 261 g/mol. The number of imidazole rings is 1. The number of aromatic nitrogens is 2. The molecule has 2 aliphatic heterocycles. The lowest BCUT2D eigenvalue weighted by molar-refractivity contribution is 0.179. The summed E-state index contributed by atoms with van der Waals surface area (Å²) in [6.07, 6.45) is 8.72. The van der Waals surface area contributed by atoms with Crippen molar-refractivity contribution in [2.45, 2.75) is 58.4 Å². The Kier molecular flexibility index (Phi) is 3.92. The second-order valence-corrected chi connectivity index (χ2v) is 6.40. The van der Waals surface area contributed by atoms with E-state index in [-0.39, 0.29) is 0 Å². The maximum Gasteiger partial charge on any atom is 0.109 e. The summed E-state index contributed by atoms with van der Waals surface area (Å²) in [5.74, 6) is 2.87. The molecule has 0 N–H and O–H groups in total. The predicted octanol–water partition coefficient (Wildman–Crippen LogP) is 3.05. The highest BCUT2D eigenvalue weighted by atomic mass is 15.1. The van der Waals surface area contributed by atoms with E-state index in [0.29, 0.717) is 5.92 Å². The highest BCUT2D eigenvalue weighted by Gasteiger charge is 2.24. The summed E-state index contributed by atoms with van der Waals surface area (Å²) in [6, 6.07) is 0. The van der Waals surface area contributed by atoms with Gasteiger partial charge in [-0.3, -0.25) is 0 Å². The van der Waals surface area contributed by atoms with E-state index in [0.717, 1.165) is 5.92 Å². The topological polar surface area (TPSA) is 21.1 Å². The summed E-state index contributed by atoms with van der Waals surface area (Å²) in [5, 5.41) is 0. The first-order chi connectivity index (χ1) is 9.28. The molecule has 106 valence electrons. The smallest absolute Gasteiger partial charge is 0.109 e. The molecule has 0 radical (unpaired) electrons. The van der Waals surface area contributed by atoms with E-state index < -0.39 is 0 Å². The molecule has 1 aromatic rings. The number of hydrogen-bond donors (Lipinski definition) is 0. The predicted molar refractivity (Wildman–Crippen MR) is 78.4 cm³/mol. The van der Waals surface area contributed by atoms with Gasteiger partial charge in [0.05, 0.1) is 0 Å². The Morgan fingerprint density at radius 1 is 1.26 bits per heavy atom. The van der Waals surface area contributed by atoms with E-state index in [2.05, 4.69) is 29.5 Å². The van der Waals surface area contributed by atoms with Gasteiger partial charge in [0.1, 0.15) is 5.82 Å². The third-order valence-corrected chi connectivity index (χ3v) is 5.01. The molecule has 0 spiro atoms. The van der Waals surface area contributed by atoms with Gasteiger partial charge in [-0.15, -0.1) is 0 Å². The molecule has 2 unspecified atom stereocenters. The molecule has 3 nitrogen and oxygen atoms in total. The first-order valence-corrected chi connectivity index (χ1v) is 8.04. The summed E-state index contributed by atoms with van der Waals surface area (Å²) in [5.41, 5.74) is 1.48. The van der Waals surface area contributed by atoms with Gasteiger partial charge in [-0.2, -0.15) is 0 Å². The molecule has 3 heterocycles. The minimum Gasteiger partial charge on any atom is -0.332 e. The van der Waals surface area contributed by atoms with Crippen LogP contribution in [-0.2, 0) is 13.0 Å². The highest BCUT2D eigenvalue weighted by Crippen LogP contribution is 2.29. The Morgan fingerprint density at radius 3 is 2.95 bits per heavy atom. The Morgan fingerprint density at radius 2 is 2.11 bits per heavy atom. The molecule has 2 aliphatic rings. The maximum atomic E-state index is 4.74. The fourth-order valence-electron chi connectivity index (χ4n) is 3.81. The Bertz CT molecular complexity index is 424. The van der Waals surface area contributed by atoms with Gasteiger partial charge in [-0.25, -0.2) is 4.98 Å². The third kappa shape index (κ3) is 2.71. The molecule has 1 aromatic heterocycles. The standard InChI is InChI=1S/C16H27N3/c1-3-18-8-5-7-14(12-18)10-16-17-11-15-13(2)6-4-9-19(15)16/h11,13-14H,3-10,12H2,1-2H3. The quantitative estimate of drug-likeness (QED) is 0.834. The van der Waals surface area contributed by atoms with Crippen LogP contribution in [0.1, 0.15) is 57.0 Å². The molecule has 0 saturated carbocycles. The van der Waals surface area contributed by atoms with Crippen LogP contribution in [0.25, 0.3) is 0 Å². The van der Waals surface area contributed by atoms with Crippen molar-refractivity contribution in [3.8, 4) is 0 Å². The zero-order valence-corrected chi connectivity index (χ0v) is 12.4. The Balaban J connectivity index is 1.70. The number of hydrogen-bond acceptors (Lipinski definition) is 2. The second kappa shape index (κ2) is 5.66. The molecule has 0 aliphatic carbocycles. The lowest BCUT2D eigenvalue weighted by Crippen LogP contribution is -2.36. The molecule has 0 bridgehead atoms. The first-order valence-electron chi connectivity index (χ1n) is 8.04. The van der Waals surface area contributed by atoms with Crippen molar-refractivity contribution >= 4 is 0 Å². The van der Waals surface area contributed by atoms with E-state index in [1.54, 1.807) is 0 Å². The summed E-state index contributed by atoms with van der Waals surface area (Å²) < 4.78 is 2.51. The molecule has 2 atom stereocenters. The Hall–Kier alpha value is -0.830. The summed E-state index contributed by atoms with van der Waals surface area (Å²) >= 11 is 0. The van der Waals surface area contributed by atoms with E-state index >= 15 is 0 Å². The van der Waals surface area contributed by atoms with Crippen LogP contribution < -0.4 is 0 Å². The highest BCUT2D eigenvalue weighted by molar-refractivity contribution is 5.13. The van der Waals surface area contributed by atoms with Gasteiger partial charge in [-0.05, 0) is 50.6 Å². The molecule has 1 saturated heterocycles. The van der Waals surface area contributed by atoms with Crippen LogP contribution >= 0.6 is 0 Å². The zero-order valence-electron chi connectivity index (χ0n) is 12.4. The lowest BCUT2D eigenvalue weighted by atomic mass is 9.94. The SMILES string of the molecule is CCN1CCCC(Cc2ncc3n2CCCC3C)C1. The fraction of sp³-hybridized carbons (Fsp3) is 0.812. The van der Waals surface area contributed by atoms with Crippen molar-refractivity contribution in [3.05, 3.63) is 17.7 Å². The van der Waals surface area contributed by atoms with Crippen molar-refractivity contribution < 1.29 is 0 Å². The summed E-state index contributed by atoms with van der Waals surface area (Å²) in [6.45, 7) is 9.59. The number of likely N-dealkylation sites (tertiary alicyclic amines) is 1. The van der Waals surface area contributed by atoms with Crippen LogP contribution in [0.2, 0.25) is 0 Å². The second-order valence-electron chi connectivity index (χ2n) is 6.40. The van der Waals surface area contributed by atoms with Gasteiger partial charge in [0.15, 0.2) is 0 Å². The van der Waals surface area contributed by atoms with Crippen LogP contribution in [0.4, 0.5) is 0 Å². The minimum absolute atomic E-state index is 0.702. The maximum absolute atomic E-state index is 4.74. The molecular formula is C16H27N3. The van der Waals surface area contributed by atoms with Crippen molar-refractivity contribution in [2.75, 3.05) is 19.6 Å². The van der Waals surface area contributed by atoms with Gasteiger partial charge in [-0.1, -0.05) is 13.8 Å². The number of rotatable bonds is 3. The minimum atomic E-state index is 0.702. The normalized spacial score (nSPS) is 28.3. The fourth-order valence-corrected chi connectivity index (χ4v) is 3.81. The molecule has 19 heavy (non-hydrogen) atoms. The van der Waals surface area contributed by atoms with Crippen LogP contribution in [0.5, 0.6) is 0 Å². The zero-order chi connectivity index (χ0) is 13.2. The number of fused-ring (bicyclic) bond motifs is 1. The van der Waals surface area contributed by atoms with E-state index in [9.17, 15) is 0 Å². The third-order valence-electron chi connectivity index (χ3n) is 5.01. The molecule has 3 heteroatoms. The van der Waals surface area contributed by atoms with Gasteiger partial charge < -0.3 is 9.47 Å². The van der Waals surface area contributed by atoms with Crippen LogP contribution in [-0.4, -0.2) is 34.1 Å². The number of nitrogens with zero attached hydrogens (tertiary/aromatic N) is 3. The first kappa shape index (κ1) is 13.2. The molecule has 0 aromatic carbocycles. The van der Waals surface area contributed by atoms with Crippen LogP contribution in [0, 0.1) is 5.92 Å². The summed E-state index contributed by atoms with van der Waals surface area (Å²) in [7, 11) is 0. The summed E-state index contributed by atoms with van der Waals surface area (Å²) in [4.78, 5) is 7.33. The van der Waals surface area contributed by atoms with Crippen molar-refractivity contribution in [3.63, 3.8) is 0 Å². The van der Waals surface area contributed by atoms with Gasteiger partial charge in [0, 0.05) is 31.4 Å². The van der Waals surface area contributed by atoms with Crippen molar-refractivity contribution in [1.82, 2.24) is 14.5 Å². The Labute approximate surface area is 117 Å². The lowest BCUT2D eigenvalue weighted by Gasteiger charge is -2.32. The van der Waals surface area contributed by atoms with Crippen molar-refractivity contribution in [1.29, 1.82) is 0 Å². The van der Waals surface area contributed by atoms with Crippen LogP contribution in [0.3, 0.4) is 0 Å². The molecule has 0 amide bonds. The molecule has 3 rings (SSSR count). The molecule has 1 fully saturated rings. The van der Waals surface area contributed by atoms with E-state index in [4.69, 9.17) is 4.98 Å². The average molecular weight is 261 g/mol.